The third-order valence-corrected chi connectivity index (χ3v) is 6.97. The number of carbonyl (C=O) groups is 2. The second kappa shape index (κ2) is 8.90. The molecule has 3 aromatic heterocycles. The van der Waals surface area contributed by atoms with Gasteiger partial charge in [0.05, 0.1) is 23.6 Å². The van der Waals surface area contributed by atoms with Crippen molar-refractivity contribution in [3.05, 3.63) is 64.9 Å². The summed E-state index contributed by atoms with van der Waals surface area (Å²) in [4.78, 5) is 35.5. The van der Waals surface area contributed by atoms with Gasteiger partial charge in [-0.2, -0.15) is 0 Å². The topological polar surface area (TPSA) is 122 Å². The SMILES string of the molecule is CCOC(=O)Oc1[nH]cc2c1NC1=C(C(=O)CCC1)C2c1ccc(Sc2nc3cc(F)ccc3[nH]2)o1. The molecule has 0 radical (unpaired) electrons. The average molecular weight is 509 g/mol. The van der Waals surface area contributed by atoms with Crippen LogP contribution >= 0.6 is 11.8 Å². The van der Waals surface area contributed by atoms with Gasteiger partial charge in [-0.05, 0) is 55.8 Å². The molecule has 1 atom stereocenters. The maximum Gasteiger partial charge on any atom is 0.515 e. The normalized spacial score (nSPS) is 17.1. The number of aromatic nitrogens is 3. The summed E-state index contributed by atoms with van der Waals surface area (Å²) in [6, 6.07) is 8.01. The standard InChI is InChI=1S/C25H21FN4O5S/c1-2-33-25(32)35-23-22-13(11-27-23)20(21-15(28-22)4-3-5-17(21)31)18-8-9-19(34-18)36-24-29-14-7-6-12(26)10-16(14)30-24/h6-11,20,27-28H,2-5H2,1H3,(H,29,30). The molecular weight excluding hydrogens is 487 g/mol. The molecule has 1 aliphatic heterocycles. The predicted octanol–water partition coefficient (Wildman–Crippen LogP) is 5.87. The van der Waals surface area contributed by atoms with Crippen molar-refractivity contribution in [2.75, 3.05) is 11.9 Å². The van der Waals surface area contributed by atoms with Gasteiger partial charge < -0.3 is 29.2 Å². The van der Waals surface area contributed by atoms with E-state index in [2.05, 4.69) is 20.3 Å². The molecule has 4 aromatic rings. The highest BCUT2D eigenvalue weighted by Gasteiger charge is 2.39. The lowest BCUT2D eigenvalue weighted by Gasteiger charge is -2.31. The maximum absolute atomic E-state index is 13.5. The highest BCUT2D eigenvalue weighted by molar-refractivity contribution is 7.99. The first-order chi connectivity index (χ1) is 17.5. The Morgan fingerprint density at radius 3 is 3.03 bits per heavy atom. The second-order valence-electron chi connectivity index (χ2n) is 8.42. The molecule has 3 N–H and O–H groups in total. The average Bonchev–Trinajstić information content (AvgIpc) is 3.57. The molecule has 184 valence electrons. The maximum atomic E-state index is 13.5. The van der Waals surface area contributed by atoms with Crippen LogP contribution in [0.5, 0.6) is 5.88 Å². The smallest absolute Gasteiger partial charge is 0.453 e. The highest BCUT2D eigenvalue weighted by Crippen LogP contribution is 2.49. The number of H-pyrrole nitrogens is 2. The molecule has 1 aliphatic carbocycles. The van der Waals surface area contributed by atoms with Crippen LogP contribution < -0.4 is 10.1 Å². The lowest BCUT2D eigenvalue weighted by Crippen LogP contribution is -2.26. The van der Waals surface area contributed by atoms with Crippen LogP contribution in [-0.2, 0) is 9.53 Å². The Labute approximate surface area is 208 Å². The van der Waals surface area contributed by atoms with Crippen molar-refractivity contribution in [3.8, 4) is 5.88 Å². The number of ketones is 1. The number of imidazole rings is 1. The van der Waals surface area contributed by atoms with Crippen molar-refractivity contribution in [2.24, 2.45) is 0 Å². The molecule has 11 heteroatoms. The fraction of sp³-hybridized carbons (Fsp3) is 0.240. The lowest BCUT2D eigenvalue weighted by molar-refractivity contribution is -0.116. The Kier molecular flexibility index (Phi) is 5.56. The van der Waals surface area contributed by atoms with Crippen LogP contribution in [0.3, 0.4) is 0 Å². The number of nitrogens with one attached hydrogen (secondary N) is 3. The van der Waals surface area contributed by atoms with Gasteiger partial charge in [-0.3, -0.25) is 4.79 Å². The van der Waals surface area contributed by atoms with Gasteiger partial charge in [-0.15, -0.1) is 0 Å². The number of ether oxygens (including phenoxy) is 2. The number of halogens is 1. The number of hydrogen-bond acceptors (Lipinski definition) is 8. The molecule has 0 saturated heterocycles. The van der Waals surface area contributed by atoms with Crippen molar-refractivity contribution < 1.29 is 27.9 Å². The molecule has 0 bridgehead atoms. The Morgan fingerprint density at radius 2 is 2.17 bits per heavy atom. The number of aromatic amines is 2. The molecule has 36 heavy (non-hydrogen) atoms. The lowest BCUT2D eigenvalue weighted by atomic mass is 9.79. The zero-order chi connectivity index (χ0) is 24.8. The van der Waals surface area contributed by atoms with E-state index in [1.165, 1.54) is 23.9 Å². The number of nitrogens with zero attached hydrogens (tertiary/aromatic N) is 1. The number of carbonyl (C=O) groups excluding carboxylic acids is 2. The van der Waals surface area contributed by atoms with Gasteiger partial charge in [-0.25, -0.2) is 14.2 Å². The molecule has 1 aromatic carbocycles. The first kappa shape index (κ1) is 22.5. The Bertz CT molecular complexity index is 1530. The van der Waals surface area contributed by atoms with Gasteiger partial charge in [0.25, 0.3) is 0 Å². The van der Waals surface area contributed by atoms with E-state index in [0.717, 1.165) is 23.2 Å². The third kappa shape index (κ3) is 3.95. The molecule has 0 saturated carbocycles. The van der Waals surface area contributed by atoms with Crippen molar-refractivity contribution in [1.82, 2.24) is 15.0 Å². The van der Waals surface area contributed by atoms with Crippen molar-refractivity contribution >= 4 is 40.4 Å². The summed E-state index contributed by atoms with van der Waals surface area (Å²) in [6.07, 6.45) is 2.77. The number of Topliss-reactive ketones (excluding diaryl/α,β-unsaturated/α-hetero) is 1. The Hall–Kier alpha value is -3.99. The molecular formula is C25H21FN4O5S. The van der Waals surface area contributed by atoms with Gasteiger partial charge in [0.1, 0.15) is 17.3 Å². The first-order valence-electron chi connectivity index (χ1n) is 11.5. The van der Waals surface area contributed by atoms with Gasteiger partial charge in [0.15, 0.2) is 16.0 Å². The summed E-state index contributed by atoms with van der Waals surface area (Å²) in [5.41, 5.74) is 4.00. The molecule has 6 rings (SSSR count). The molecule has 4 heterocycles. The van der Waals surface area contributed by atoms with Crippen molar-refractivity contribution in [1.29, 1.82) is 0 Å². The van der Waals surface area contributed by atoms with E-state index in [1.54, 1.807) is 19.2 Å². The zero-order valence-corrected chi connectivity index (χ0v) is 20.0. The quantitative estimate of drug-likeness (QED) is 0.286. The molecule has 0 spiro atoms. The Balaban J connectivity index is 1.34. The van der Waals surface area contributed by atoms with E-state index in [1.807, 2.05) is 12.1 Å². The van der Waals surface area contributed by atoms with Crippen LogP contribution in [0, 0.1) is 5.82 Å². The molecule has 1 unspecified atom stereocenters. The first-order valence-corrected chi connectivity index (χ1v) is 12.3. The fourth-order valence-corrected chi connectivity index (χ4v) is 5.43. The highest BCUT2D eigenvalue weighted by atomic mass is 32.2. The summed E-state index contributed by atoms with van der Waals surface area (Å²) >= 11 is 1.27. The van der Waals surface area contributed by atoms with Gasteiger partial charge in [0.2, 0.25) is 5.88 Å². The summed E-state index contributed by atoms with van der Waals surface area (Å²) in [6.45, 7) is 1.88. The number of hydrogen-bond donors (Lipinski definition) is 3. The predicted molar refractivity (Wildman–Crippen MR) is 129 cm³/mol. The minimum atomic E-state index is -0.817. The number of anilines is 1. The largest absolute Gasteiger partial charge is 0.515 e. The molecule has 9 nitrogen and oxygen atoms in total. The second-order valence-corrected chi connectivity index (χ2v) is 9.42. The van der Waals surface area contributed by atoms with Crippen LogP contribution in [0.4, 0.5) is 14.9 Å². The fourth-order valence-electron chi connectivity index (χ4n) is 4.66. The number of allylic oxidation sites excluding steroid dienone is 2. The molecule has 0 amide bonds. The van der Waals surface area contributed by atoms with Gasteiger partial charge in [0, 0.05) is 35.5 Å². The van der Waals surface area contributed by atoms with Gasteiger partial charge in [-0.1, -0.05) is 0 Å². The number of furan rings is 1. The number of rotatable bonds is 5. The molecule has 0 fully saturated rings. The summed E-state index contributed by atoms with van der Waals surface area (Å²) in [5, 5.41) is 4.42. The number of benzene rings is 1. The summed E-state index contributed by atoms with van der Waals surface area (Å²) < 4.78 is 30.0. The van der Waals surface area contributed by atoms with E-state index < -0.39 is 12.1 Å². The Morgan fingerprint density at radius 1 is 1.28 bits per heavy atom. The van der Waals surface area contributed by atoms with E-state index in [9.17, 15) is 14.0 Å². The molecule has 2 aliphatic rings. The minimum Gasteiger partial charge on any atom is -0.453 e. The van der Waals surface area contributed by atoms with E-state index >= 15 is 0 Å². The van der Waals surface area contributed by atoms with Crippen molar-refractivity contribution in [3.63, 3.8) is 0 Å². The van der Waals surface area contributed by atoms with Crippen LogP contribution in [0.25, 0.3) is 11.0 Å². The summed E-state index contributed by atoms with van der Waals surface area (Å²) in [7, 11) is 0. The van der Waals surface area contributed by atoms with Crippen molar-refractivity contribution in [2.45, 2.75) is 42.4 Å². The van der Waals surface area contributed by atoms with Crippen LogP contribution in [0.1, 0.15) is 43.4 Å². The number of fused-ring (bicyclic) bond motifs is 2. The van der Waals surface area contributed by atoms with Crippen LogP contribution in [0.2, 0.25) is 0 Å². The van der Waals surface area contributed by atoms with E-state index in [-0.39, 0.29) is 24.1 Å². The van der Waals surface area contributed by atoms with Crippen LogP contribution in [0.15, 0.2) is 62.5 Å². The monoisotopic (exact) mass is 508 g/mol. The van der Waals surface area contributed by atoms with Gasteiger partial charge >= 0.3 is 6.16 Å². The van der Waals surface area contributed by atoms with E-state index in [0.29, 0.717) is 45.6 Å². The van der Waals surface area contributed by atoms with Crippen LogP contribution in [-0.4, -0.2) is 33.5 Å². The minimum absolute atomic E-state index is 0.0541. The van der Waals surface area contributed by atoms with E-state index in [4.69, 9.17) is 13.9 Å². The third-order valence-electron chi connectivity index (χ3n) is 6.16. The summed E-state index contributed by atoms with van der Waals surface area (Å²) in [5.74, 6) is 0.0180. The zero-order valence-electron chi connectivity index (χ0n) is 19.1.